The van der Waals surface area contributed by atoms with Gasteiger partial charge in [0.15, 0.2) is 0 Å². The smallest absolute Gasteiger partial charge is 0.0476 e. The molecule has 0 saturated heterocycles. The molecule has 0 bridgehead atoms. The van der Waals surface area contributed by atoms with E-state index in [1.54, 1.807) is 0 Å². The normalized spacial score (nSPS) is 11.1. The van der Waals surface area contributed by atoms with Crippen LogP contribution >= 0.6 is 11.3 Å². The van der Waals surface area contributed by atoms with Gasteiger partial charge in [-0.3, -0.25) is 0 Å². The first-order chi connectivity index (χ1) is 22.8. The molecule has 8 rings (SSSR count). The molecule has 2 nitrogen and oxygen atoms in total. The van der Waals surface area contributed by atoms with E-state index < -0.39 is 0 Å². The summed E-state index contributed by atoms with van der Waals surface area (Å²) in [5.74, 6) is 0. The second-order valence-electron chi connectivity index (χ2n) is 11.5. The number of anilines is 6. The van der Waals surface area contributed by atoms with Gasteiger partial charge >= 0.3 is 0 Å². The van der Waals surface area contributed by atoms with Gasteiger partial charge in [0.1, 0.15) is 0 Å². The predicted molar refractivity (Wildman–Crippen MR) is 198 cm³/mol. The van der Waals surface area contributed by atoms with E-state index in [1.165, 1.54) is 31.3 Å². The molecule has 0 unspecified atom stereocenters. The van der Waals surface area contributed by atoms with E-state index in [1.807, 2.05) is 11.3 Å². The SMILES string of the molecule is c1ccc(N(c2ccccc2)c2ccc(Cc3ccc(N(c4ccccc4)c4ccc5c(c4)sc4ccccc45)cc3)cc2)cc1. The second-order valence-corrected chi connectivity index (χ2v) is 12.5. The van der Waals surface area contributed by atoms with E-state index in [2.05, 4.69) is 192 Å². The first kappa shape index (κ1) is 27.9. The maximum Gasteiger partial charge on any atom is 0.0476 e. The van der Waals surface area contributed by atoms with Crippen molar-refractivity contribution in [3.63, 3.8) is 0 Å². The van der Waals surface area contributed by atoms with Gasteiger partial charge in [-0.2, -0.15) is 0 Å². The molecule has 8 aromatic rings. The molecule has 1 aromatic heterocycles. The summed E-state index contributed by atoms with van der Waals surface area (Å²) in [5.41, 5.74) is 9.46. The highest BCUT2D eigenvalue weighted by Gasteiger charge is 2.15. The van der Waals surface area contributed by atoms with Crippen LogP contribution < -0.4 is 9.80 Å². The number of benzene rings is 7. The third kappa shape index (κ3) is 5.53. The zero-order valence-electron chi connectivity index (χ0n) is 25.3. The van der Waals surface area contributed by atoms with Crippen molar-refractivity contribution in [2.75, 3.05) is 9.80 Å². The summed E-state index contributed by atoms with van der Waals surface area (Å²) in [7, 11) is 0. The summed E-state index contributed by atoms with van der Waals surface area (Å²) in [6, 6.07) is 65.2. The lowest BCUT2D eigenvalue weighted by molar-refractivity contribution is 1.18. The summed E-state index contributed by atoms with van der Waals surface area (Å²) in [4.78, 5) is 4.65. The van der Waals surface area contributed by atoms with Crippen molar-refractivity contribution < 1.29 is 0 Å². The van der Waals surface area contributed by atoms with Gasteiger partial charge in [0, 0.05) is 54.3 Å². The summed E-state index contributed by atoms with van der Waals surface area (Å²) in [6.45, 7) is 0. The van der Waals surface area contributed by atoms with Crippen molar-refractivity contribution in [2.24, 2.45) is 0 Å². The zero-order valence-corrected chi connectivity index (χ0v) is 26.1. The Morgan fingerprint density at radius 2 is 0.717 bits per heavy atom. The molecule has 0 N–H and O–H groups in total. The van der Waals surface area contributed by atoms with Crippen molar-refractivity contribution in [3.8, 4) is 0 Å². The van der Waals surface area contributed by atoms with Gasteiger partial charge in [-0.25, -0.2) is 0 Å². The highest BCUT2D eigenvalue weighted by Crippen LogP contribution is 2.40. The van der Waals surface area contributed by atoms with Crippen LogP contribution in [0.4, 0.5) is 34.1 Å². The molecule has 46 heavy (non-hydrogen) atoms. The van der Waals surface area contributed by atoms with Crippen molar-refractivity contribution in [2.45, 2.75) is 6.42 Å². The van der Waals surface area contributed by atoms with Gasteiger partial charge in [0.2, 0.25) is 0 Å². The van der Waals surface area contributed by atoms with Gasteiger partial charge in [-0.1, -0.05) is 103 Å². The van der Waals surface area contributed by atoms with Gasteiger partial charge in [-0.05, 0) is 96.4 Å². The molecular formula is C43H32N2S. The number of hydrogen-bond donors (Lipinski definition) is 0. The molecule has 0 fully saturated rings. The largest absolute Gasteiger partial charge is 0.311 e. The van der Waals surface area contributed by atoms with Crippen molar-refractivity contribution in [3.05, 3.63) is 193 Å². The number of fused-ring (bicyclic) bond motifs is 3. The minimum absolute atomic E-state index is 0.871. The molecule has 0 aliphatic carbocycles. The fourth-order valence-electron chi connectivity index (χ4n) is 6.24. The molecule has 0 atom stereocenters. The minimum atomic E-state index is 0.871. The number of rotatable bonds is 8. The summed E-state index contributed by atoms with van der Waals surface area (Å²) >= 11 is 1.86. The van der Waals surface area contributed by atoms with Crippen molar-refractivity contribution in [1.82, 2.24) is 0 Å². The monoisotopic (exact) mass is 608 g/mol. The minimum Gasteiger partial charge on any atom is -0.311 e. The Labute approximate surface area is 274 Å². The molecule has 0 radical (unpaired) electrons. The van der Waals surface area contributed by atoms with Crippen LogP contribution in [0.1, 0.15) is 11.1 Å². The summed E-state index contributed by atoms with van der Waals surface area (Å²) in [5, 5.41) is 2.64. The van der Waals surface area contributed by atoms with Crippen LogP contribution in [0, 0.1) is 0 Å². The Balaban J connectivity index is 1.07. The van der Waals surface area contributed by atoms with Gasteiger partial charge in [0.05, 0.1) is 0 Å². The average Bonchev–Trinajstić information content (AvgIpc) is 3.49. The van der Waals surface area contributed by atoms with E-state index in [0.29, 0.717) is 0 Å². The van der Waals surface area contributed by atoms with Crippen LogP contribution in [0.2, 0.25) is 0 Å². The Morgan fingerprint density at radius 1 is 0.326 bits per heavy atom. The lowest BCUT2D eigenvalue weighted by Crippen LogP contribution is -2.10. The average molecular weight is 609 g/mol. The molecule has 220 valence electrons. The standard InChI is InChI=1S/C43H32N2S/c1-4-12-34(13-5-1)44(35-14-6-2-7-15-35)37-24-20-32(21-25-37)30-33-22-26-38(27-23-33)45(36-16-8-3-9-17-36)39-28-29-41-40-18-10-11-19-42(40)46-43(41)31-39/h1-29,31H,30H2. The Morgan fingerprint density at radius 3 is 1.24 bits per heavy atom. The van der Waals surface area contributed by atoms with Crippen LogP contribution in [-0.2, 0) is 6.42 Å². The number of para-hydroxylation sites is 3. The zero-order chi connectivity index (χ0) is 30.7. The highest BCUT2D eigenvalue weighted by atomic mass is 32.1. The fraction of sp³-hybridized carbons (Fsp3) is 0.0233. The number of hydrogen-bond acceptors (Lipinski definition) is 3. The van der Waals surface area contributed by atoms with E-state index in [9.17, 15) is 0 Å². The molecule has 0 aliphatic heterocycles. The molecule has 0 aliphatic rings. The second kappa shape index (κ2) is 12.4. The number of thiophene rings is 1. The first-order valence-electron chi connectivity index (χ1n) is 15.6. The van der Waals surface area contributed by atoms with Gasteiger partial charge in [-0.15, -0.1) is 11.3 Å². The van der Waals surface area contributed by atoms with Gasteiger partial charge < -0.3 is 9.80 Å². The first-order valence-corrected chi connectivity index (χ1v) is 16.5. The van der Waals surface area contributed by atoms with Crippen LogP contribution in [0.15, 0.2) is 182 Å². The third-order valence-corrected chi connectivity index (χ3v) is 9.59. The lowest BCUT2D eigenvalue weighted by Gasteiger charge is -2.26. The van der Waals surface area contributed by atoms with Crippen LogP contribution in [0.5, 0.6) is 0 Å². The summed E-state index contributed by atoms with van der Waals surface area (Å²) < 4.78 is 2.63. The molecule has 1 heterocycles. The molecule has 0 amide bonds. The van der Waals surface area contributed by atoms with E-state index in [4.69, 9.17) is 0 Å². The topological polar surface area (TPSA) is 6.48 Å². The predicted octanol–water partition coefficient (Wildman–Crippen LogP) is 12.6. The van der Waals surface area contributed by atoms with E-state index in [0.717, 1.165) is 40.5 Å². The number of nitrogens with zero attached hydrogens (tertiary/aromatic N) is 2. The van der Waals surface area contributed by atoms with Crippen LogP contribution in [-0.4, -0.2) is 0 Å². The quantitative estimate of drug-likeness (QED) is 0.169. The molecule has 3 heteroatoms. The fourth-order valence-corrected chi connectivity index (χ4v) is 7.38. The molecule has 7 aromatic carbocycles. The Bertz CT molecular complexity index is 2170. The Kier molecular flexibility index (Phi) is 7.51. The molecule has 0 saturated carbocycles. The lowest BCUT2D eigenvalue weighted by atomic mass is 10.0. The van der Waals surface area contributed by atoms with Crippen molar-refractivity contribution >= 4 is 65.6 Å². The van der Waals surface area contributed by atoms with Crippen LogP contribution in [0.25, 0.3) is 20.2 Å². The third-order valence-electron chi connectivity index (χ3n) is 8.46. The Hall–Kier alpha value is -5.64. The molecular weight excluding hydrogens is 577 g/mol. The maximum atomic E-state index is 2.35. The maximum absolute atomic E-state index is 2.35. The van der Waals surface area contributed by atoms with Gasteiger partial charge in [0.25, 0.3) is 0 Å². The van der Waals surface area contributed by atoms with E-state index in [-0.39, 0.29) is 0 Å². The highest BCUT2D eigenvalue weighted by molar-refractivity contribution is 7.25. The van der Waals surface area contributed by atoms with E-state index >= 15 is 0 Å². The van der Waals surface area contributed by atoms with Crippen LogP contribution in [0.3, 0.4) is 0 Å². The molecule has 0 spiro atoms. The summed E-state index contributed by atoms with van der Waals surface area (Å²) in [6.07, 6.45) is 0.871. The van der Waals surface area contributed by atoms with Crippen molar-refractivity contribution in [1.29, 1.82) is 0 Å².